The number of carbonyl (C=O) groups is 3. The minimum Gasteiger partial charge on any atom is -0.497 e. The average molecular weight is 320 g/mol. The number of hydrogen-bond acceptors (Lipinski definition) is 5. The van der Waals surface area contributed by atoms with Crippen molar-refractivity contribution in [2.75, 3.05) is 25.2 Å². The first-order valence-corrected chi connectivity index (χ1v) is 8.10. The Labute approximate surface area is 132 Å². The highest BCUT2D eigenvalue weighted by Gasteiger charge is 2.53. The fourth-order valence-corrected chi connectivity index (χ4v) is 4.01. The SMILES string of the molecule is COc1cccc(C(=O)CN2C(=O)N[C@]3(CCSC3)C2=O)c1. The smallest absolute Gasteiger partial charge is 0.325 e. The van der Waals surface area contributed by atoms with Crippen LogP contribution in [0.4, 0.5) is 4.79 Å². The van der Waals surface area contributed by atoms with Gasteiger partial charge in [-0.3, -0.25) is 14.5 Å². The van der Waals surface area contributed by atoms with Gasteiger partial charge in [-0.05, 0) is 24.3 Å². The monoisotopic (exact) mass is 320 g/mol. The Balaban J connectivity index is 1.76. The number of imide groups is 1. The Morgan fingerprint density at radius 2 is 2.27 bits per heavy atom. The second-order valence-corrected chi connectivity index (χ2v) is 6.47. The molecule has 1 N–H and O–H groups in total. The Kier molecular flexibility index (Phi) is 3.82. The number of urea groups is 1. The maximum absolute atomic E-state index is 12.5. The van der Waals surface area contributed by atoms with E-state index in [1.165, 1.54) is 7.11 Å². The van der Waals surface area contributed by atoms with Crippen LogP contribution in [0.2, 0.25) is 0 Å². The number of methoxy groups -OCH3 is 1. The highest BCUT2D eigenvalue weighted by Crippen LogP contribution is 2.33. The van der Waals surface area contributed by atoms with Gasteiger partial charge in [0, 0.05) is 11.3 Å². The van der Waals surface area contributed by atoms with E-state index in [9.17, 15) is 14.4 Å². The predicted molar refractivity (Wildman–Crippen MR) is 82.2 cm³/mol. The number of carbonyl (C=O) groups excluding carboxylic acids is 3. The quantitative estimate of drug-likeness (QED) is 0.668. The van der Waals surface area contributed by atoms with E-state index < -0.39 is 11.6 Å². The van der Waals surface area contributed by atoms with E-state index in [2.05, 4.69) is 5.32 Å². The van der Waals surface area contributed by atoms with Crippen molar-refractivity contribution in [2.24, 2.45) is 0 Å². The second-order valence-electron chi connectivity index (χ2n) is 5.36. The molecular weight excluding hydrogens is 304 g/mol. The van der Waals surface area contributed by atoms with Crippen molar-refractivity contribution in [1.82, 2.24) is 10.2 Å². The summed E-state index contributed by atoms with van der Waals surface area (Å²) in [6.45, 7) is -0.246. The summed E-state index contributed by atoms with van der Waals surface area (Å²) in [5.74, 6) is 1.39. The molecule has 2 fully saturated rings. The van der Waals surface area contributed by atoms with Gasteiger partial charge in [0.25, 0.3) is 5.91 Å². The van der Waals surface area contributed by atoms with Gasteiger partial charge < -0.3 is 10.1 Å². The third kappa shape index (κ3) is 2.45. The number of hydrogen-bond donors (Lipinski definition) is 1. The number of nitrogens with zero attached hydrogens (tertiary/aromatic N) is 1. The van der Waals surface area contributed by atoms with Gasteiger partial charge in [-0.15, -0.1) is 0 Å². The molecule has 7 heteroatoms. The van der Waals surface area contributed by atoms with Crippen LogP contribution in [-0.4, -0.2) is 53.3 Å². The van der Waals surface area contributed by atoms with Crippen LogP contribution < -0.4 is 10.1 Å². The molecule has 2 aliphatic rings. The number of amides is 3. The number of benzene rings is 1. The summed E-state index contributed by atoms with van der Waals surface area (Å²) in [6.07, 6.45) is 0.617. The van der Waals surface area contributed by atoms with E-state index in [1.54, 1.807) is 36.0 Å². The lowest BCUT2D eigenvalue weighted by Gasteiger charge is -2.19. The molecule has 2 saturated heterocycles. The molecule has 3 rings (SSSR count). The van der Waals surface area contributed by atoms with E-state index in [4.69, 9.17) is 4.74 Å². The van der Waals surface area contributed by atoms with Crippen LogP contribution in [0.3, 0.4) is 0 Å². The lowest BCUT2D eigenvalue weighted by atomic mass is 9.99. The molecule has 0 radical (unpaired) electrons. The average Bonchev–Trinajstić information content (AvgIpc) is 3.08. The fraction of sp³-hybridized carbons (Fsp3) is 0.400. The molecule has 1 aromatic rings. The Morgan fingerprint density at radius 3 is 2.95 bits per heavy atom. The summed E-state index contributed by atoms with van der Waals surface area (Å²) in [5, 5.41) is 2.75. The van der Waals surface area contributed by atoms with Gasteiger partial charge >= 0.3 is 6.03 Å². The van der Waals surface area contributed by atoms with Gasteiger partial charge in [0.05, 0.1) is 13.7 Å². The first-order chi connectivity index (χ1) is 10.6. The van der Waals surface area contributed by atoms with Crippen LogP contribution in [0.25, 0.3) is 0 Å². The van der Waals surface area contributed by atoms with Crippen molar-refractivity contribution in [3.63, 3.8) is 0 Å². The van der Waals surface area contributed by atoms with E-state index in [0.717, 1.165) is 10.7 Å². The standard InChI is InChI=1S/C15H16N2O4S/c1-21-11-4-2-3-10(7-11)12(18)8-17-13(19)15(16-14(17)20)5-6-22-9-15/h2-4,7H,5-6,8-9H2,1H3,(H,16,20)/t15-/m0/s1. The molecule has 6 nitrogen and oxygen atoms in total. The van der Waals surface area contributed by atoms with Gasteiger partial charge in [0.1, 0.15) is 11.3 Å². The molecule has 0 aromatic heterocycles. The Morgan fingerprint density at radius 1 is 1.45 bits per heavy atom. The first-order valence-electron chi connectivity index (χ1n) is 6.95. The van der Waals surface area contributed by atoms with Gasteiger partial charge in [-0.25, -0.2) is 4.79 Å². The lowest BCUT2D eigenvalue weighted by molar-refractivity contribution is -0.130. The van der Waals surface area contributed by atoms with Crippen LogP contribution >= 0.6 is 11.8 Å². The zero-order valence-electron chi connectivity index (χ0n) is 12.1. The highest BCUT2D eigenvalue weighted by atomic mass is 32.2. The third-order valence-corrected chi connectivity index (χ3v) is 5.15. The van der Waals surface area contributed by atoms with Gasteiger partial charge in [-0.2, -0.15) is 11.8 Å². The number of nitrogens with one attached hydrogen (secondary N) is 1. The van der Waals surface area contributed by atoms with Crippen molar-refractivity contribution in [3.05, 3.63) is 29.8 Å². The van der Waals surface area contributed by atoms with Crippen molar-refractivity contribution in [1.29, 1.82) is 0 Å². The first kappa shape index (κ1) is 14.9. The molecule has 2 aliphatic heterocycles. The van der Waals surface area contributed by atoms with E-state index >= 15 is 0 Å². The zero-order valence-corrected chi connectivity index (χ0v) is 12.9. The molecule has 116 valence electrons. The molecular formula is C15H16N2O4S. The minimum absolute atomic E-state index is 0.246. The van der Waals surface area contributed by atoms with Gasteiger partial charge in [-0.1, -0.05) is 12.1 Å². The molecule has 0 aliphatic carbocycles. The predicted octanol–water partition coefficient (Wildman–Crippen LogP) is 1.31. The van der Waals surface area contributed by atoms with Crippen LogP contribution in [0.5, 0.6) is 5.75 Å². The van der Waals surface area contributed by atoms with Crippen molar-refractivity contribution >= 4 is 29.5 Å². The maximum Gasteiger partial charge on any atom is 0.325 e. The van der Waals surface area contributed by atoms with Crippen LogP contribution in [0.1, 0.15) is 16.8 Å². The summed E-state index contributed by atoms with van der Waals surface area (Å²) in [7, 11) is 1.52. The molecule has 0 saturated carbocycles. The highest BCUT2D eigenvalue weighted by molar-refractivity contribution is 7.99. The lowest BCUT2D eigenvalue weighted by Crippen LogP contribution is -2.47. The molecule has 3 amide bonds. The summed E-state index contributed by atoms with van der Waals surface area (Å²) in [4.78, 5) is 37.9. The topological polar surface area (TPSA) is 75.7 Å². The second kappa shape index (κ2) is 5.64. The zero-order chi connectivity index (χ0) is 15.7. The summed E-state index contributed by atoms with van der Waals surface area (Å²) < 4.78 is 5.08. The van der Waals surface area contributed by atoms with Crippen molar-refractivity contribution in [3.8, 4) is 5.75 Å². The van der Waals surface area contributed by atoms with E-state index in [0.29, 0.717) is 23.5 Å². The van der Waals surface area contributed by atoms with Gasteiger partial charge in [0.2, 0.25) is 0 Å². The largest absolute Gasteiger partial charge is 0.497 e. The molecule has 1 aromatic carbocycles. The number of Topliss-reactive ketones (excluding diaryl/α,β-unsaturated/α-hetero) is 1. The summed E-state index contributed by atoms with van der Waals surface area (Å²) in [5.41, 5.74) is -0.391. The van der Waals surface area contributed by atoms with Gasteiger partial charge in [0.15, 0.2) is 5.78 Å². The maximum atomic E-state index is 12.5. The van der Waals surface area contributed by atoms with Crippen LogP contribution in [-0.2, 0) is 4.79 Å². The van der Waals surface area contributed by atoms with Crippen molar-refractivity contribution < 1.29 is 19.1 Å². The fourth-order valence-electron chi connectivity index (χ4n) is 2.68. The number of ether oxygens (including phenoxy) is 1. The molecule has 22 heavy (non-hydrogen) atoms. The summed E-state index contributed by atoms with van der Waals surface area (Å²) in [6, 6.07) is 6.19. The van der Waals surface area contributed by atoms with E-state index in [-0.39, 0.29) is 18.2 Å². The normalized spacial score (nSPS) is 24.0. The Bertz CT molecular complexity index is 640. The number of thioether (sulfide) groups is 1. The molecule has 0 bridgehead atoms. The van der Waals surface area contributed by atoms with Crippen LogP contribution in [0, 0.1) is 0 Å². The molecule has 1 atom stereocenters. The third-order valence-electron chi connectivity index (χ3n) is 3.96. The molecule has 2 heterocycles. The minimum atomic E-state index is -0.809. The molecule has 0 unspecified atom stereocenters. The van der Waals surface area contributed by atoms with E-state index in [1.807, 2.05) is 0 Å². The molecule has 1 spiro atoms. The number of ketones is 1. The van der Waals surface area contributed by atoms with Crippen LogP contribution in [0.15, 0.2) is 24.3 Å². The number of rotatable bonds is 4. The Hall–Kier alpha value is -2.02. The summed E-state index contributed by atoms with van der Waals surface area (Å²) >= 11 is 1.63. The van der Waals surface area contributed by atoms with Crippen molar-refractivity contribution in [2.45, 2.75) is 12.0 Å².